The van der Waals surface area contributed by atoms with E-state index in [-0.39, 0.29) is 18.4 Å². The Morgan fingerprint density at radius 3 is 3.00 bits per heavy atom. The second-order valence-corrected chi connectivity index (χ2v) is 5.94. The number of hydrogen-bond donors (Lipinski definition) is 1. The van der Waals surface area contributed by atoms with Crippen molar-refractivity contribution in [2.24, 2.45) is 0 Å². The number of ether oxygens (including phenoxy) is 1. The van der Waals surface area contributed by atoms with Crippen molar-refractivity contribution >= 4 is 27.7 Å². The van der Waals surface area contributed by atoms with Crippen molar-refractivity contribution in [3.63, 3.8) is 0 Å². The van der Waals surface area contributed by atoms with Crippen molar-refractivity contribution in [3.05, 3.63) is 41.0 Å². The van der Waals surface area contributed by atoms with E-state index in [2.05, 4.69) is 40.2 Å². The van der Waals surface area contributed by atoms with Gasteiger partial charge in [0, 0.05) is 10.5 Å². The fourth-order valence-corrected chi connectivity index (χ4v) is 2.34. The van der Waals surface area contributed by atoms with Gasteiger partial charge in [0.15, 0.2) is 0 Å². The Bertz CT molecular complexity index is 627. The molecule has 1 N–H and O–H groups in total. The molecule has 118 valence electrons. The van der Waals surface area contributed by atoms with Crippen LogP contribution in [0.5, 0.6) is 5.75 Å². The van der Waals surface area contributed by atoms with Crippen LogP contribution < -0.4 is 10.1 Å². The second kappa shape index (κ2) is 7.98. The van der Waals surface area contributed by atoms with E-state index < -0.39 is 0 Å². The summed E-state index contributed by atoms with van der Waals surface area (Å²) in [6.07, 6.45) is 2.94. The first-order valence-electron chi connectivity index (χ1n) is 7.32. The molecule has 5 nitrogen and oxygen atoms in total. The van der Waals surface area contributed by atoms with Crippen LogP contribution in [0.25, 0.3) is 0 Å². The van der Waals surface area contributed by atoms with Crippen LogP contribution in [0.3, 0.4) is 0 Å². The van der Waals surface area contributed by atoms with Crippen molar-refractivity contribution in [2.45, 2.75) is 32.7 Å². The second-order valence-electron chi connectivity index (χ2n) is 5.02. The summed E-state index contributed by atoms with van der Waals surface area (Å²) >= 11 is 3.38. The highest BCUT2D eigenvalue weighted by atomic mass is 79.9. The highest BCUT2D eigenvalue weighted by Gasteiger charge is 2.11. The fraction of sp³-hybridized carbons (Fsp3) is 0.375. The van der Waals surface area contributed by atoms with Crippen molar-refractivity contribution in [1.29, 1.82) is 0 Å². The summed E-state index contributed by atoms with van der Waals surface area (Å²) in [6.45, 7) is 4.49. The summed E-state index contributed by atoms with van der Waals surface area (Å²) in [6, 6.07) is 9.61. The number of carbonyl (C=O) groups excluding carboxylic acids is 1. The summed E-state index contributed by atoms with van der Waals surface area (Å²) in [5.74, 6) is 1.38. The quantitative estimate of drug-likeness (QED) is 0.805. The zero-order valence-corrected chi connectivity index (χ0v) is 14.3. The van der Waals surface area contributed by atoms with Crippen LogP contribution in [0.4, 0.5) is 5.82 Å². The molecule has 0 radical (unpaired) electrons. The lowest BCUT2D eigenvalue weighted by molar-refractivity contribution is -0.116. The van der Waals surface area contributed by atoms with E-state index >= 15 is 0 Å². The van der Waals surface area contributed by atoms with E-state index in [0.29, 0.717) is 6.61 Å². The van der Waals surface area contributed by atoms with Crippen LogP contribution in [0.15, 0.2) is 41.0 Å². The topological polar surface area (TPSA) is 56.2 Å². The molecule has 6 heteroatoms. The van der Waals surface area contributed by atoms with Gasteiger partial charge >= 0.3 is 0 Å². The monoisotopic (exact) mass is 365 g/mol. The van der Waals surface area contributed by atoms with Gasteiger partial charge in [0.05, 0.1) is 25.3 Å². The number of anilines is 1. The molecule has 0 bridgehead atoms. The van der Waals surface area contributed by atoms with Crippen LogP contribution in [0.2, 0.25) is 0 Å². The van der Waals surface area contributed by atoms with Crippen LogP contribution >= 0.6 is 15.9 Å². The predicted molar refractivity (Wildman–Crippen MR) is 90.1 cm³/mol. The molecule has 1 aromatic carbocycles. The van der Waals surface area contributed by atoms with E-state index in [4.69, 9.17) is 4.74 Å². The Morgan fingerprint density at radius 1 is 1.45 bits per heavy atom. The molecule has 0 saturated heterocycles. The third-order valence-corrected chi connectivity index (χ3v) is 3.83. The molecule has 0 spiro atoms. The number of nitrogens with one attached hydrogen (secondary N) is 1. The van der Waals surface area contributed by atoms with Gasteiger partial charge in [-0.3, -0.25) is 4.79 Å². The summed E-state index contributed by atoms with van der Waals surface area (Å²) in [5.41, 5.74) is 0. The molecule has 1 atom stereocenters. The number of aromatic nitrogens is 2. The van der Waals surface area contributed by atoms with E-state index in [1.807, 2.05) is 28.9 Å². The summed E-state index contributed by atoms with van der Waals surface area (Å²) in [7, 11) is 0. The smallest absolute Gasteiger partial charge is 0.228 e. The SMILES string of the molecule is CCC(C)n1nccc1NC(=O)CCOc1cccc(Br)c1. The average molecular weight is 366 g/mol. The van der Waals surface area contributed by atoms with E-state index in [0.717, 1.165) is 22.5 Å². The average Bonchev–Trinajstić information content (AvgIpc) is 2.94. The number of hydrogen-bond acceptors (Lipinski definition) is 3. The highest BCUT2D eigenvalue weighted by Crippen LogP contribution is 2.18. The maximum absolute atomic E-state index is 12.0. The largest absolute Gasteiger partial charge is 0.493 e. The Morgan fingerprint density at radius 2 is 2.27 bits per heavy atom. The molecule has 1 unspecified atom stereocenters. The first kappa shape index (κ1) is 16.5. The van der Waals surface area contributed by atoms with Crippen molar-refractivity contribution in [3.8, 4) is 5.75 Å². The third kappa shape index (κ3) is 4.59. The Kier molecular flexibility index (Phi) is 6.00. The molecule has 1 aromatic heterocycles. The molecule has 0 aliphatic heterocycles. The van der Waals surface area contributed by atoms with Crippen molar-refractivity contribution in [1.82, 2.24) is 9.78 Å². The van der Waals surface area contributed by atoms with Crippen LogP contribution in [-0.2, 0) is 4.79 Å². The predicted octanol–water partition coefficient (Wildman–Crippen LogP) is 4.02. The minimum absolute atomic E-state index is 0.0833. The first-order valence-corrected chi connectivity index (χ1v) is 8.11. The Balaban J connectivity index is 1.82. The zero-order chi connectivity index (χ0) is 15.9. The molecular weight excluding hydrogens is 346 g/mol. The number of rotatable bonds is 7. The van der Waals surface area contributed by atoms with Gasteiger partial charge in [-0.05, 0) is 31.5 Å². The Labute approximate surface area is 138 Å². The lowest BCUT2D eigenvalue weighted by Crippen LogP contribution is -2.19. The molecule has 22 heavy (non-hydrogen) atoms. The number of halogens is 1. The first-order chi connectivity index (χ1) is 10.6. The van der Waals surface area contributed by atoms with Gasteiger partial charge in [0.2, 0.25) is 5.91 Å². The van der Waals surface area contributed by atoms with Crippen molar-refractivity contribution < 1.29 is 9.53 Å². The van der Waals surface area contributed by atoms with Crippen LogP contribution in [-0.4, -0.2) is 22.3 Å². The molecular formula is C16H20BrN3O2. The molecule has 0 fully saturated rings. The minimum Gasteiger partial charge on any atom is -0.493 e. The normalized spacial score (nSPS) is 12.0. The van der Waals surface area contributed by atoms with Crippen LogP contribution in [0.1, 0.15) is 32.7 Å². The Hall–Kier alpha value is -1.82. The maximum atomic E-state index is 12.0. The standard InChI is InChI=1S/C16H20BrN3O2/c1-3-12(2)20-15(7-9-18-20)19-16(21)8-10-22-14-6-4-5-13(17)11-14/h4-7,9,11-12H,3,8,10H2,1-2H3,(H,19,21). The van der Waals surface area contributed by atoms with Gasteiger partial charge in [-0.25, -0.2) is 4.68 Å². The summed E-state index contributed by atoms with van der Waals surface area (Å²) in [4.78, 5) is 12.0. The summed E-state index contributed by atoms with van der Waals surface area (Å²) < 4.78 is 8.34. The molecule has 2 rings (SSSR count). The zero-order valence-electron chi connectivity index (χ0n) is 12.8. The van der Waals surface area contributed by atoms with Gasteiger partial charge in [-0.2, -0.15) is 5.10 Å². The molecule has 1 heterocycles. The van der Waals surface area contributed by atoms with Gasteiger partial charge in [-0.15, -0.1) is 0 Å². The van der Waals surface area contributed by atoms with E-state index in [9.17, 15) is 4.79 Å². The molecule has 1 amide bonds. The minimum atomic E-state index is -0.0833. The van der Waals surface area contributed by atoms with Gasteiger partial charge in [0.1, 0.15) is 11.6 Å². The van der Waals surface area contributed by atoms with Gasteiger partial charge < -0.3 is 10.1 Å². The number of carbonyl (C=O) groups is 1. The molecule has 0 aliphatic carbocycles. The van der Waals surface area contributed by atoms with Gasteiger partial charge in [-0.1, -0.05) is 28.9 Å². The number of benzene rings is 1. The van der Waals surface area contributed by atoms with E-state index in [1.54, 1.807) is 12.3 Å². The third-order valence-electron chi connectivity index (χ3n) is 3.34. The number of nitrogens with zero attached hydrogens (tertiary/aromatic N) is 2. The molecule has 0 aliphatic rings. The van der Waals surface area contributed by atoms with Gasteiger partial charge in [0.25, 0.3) is 0 Å². The summed E-state index contributed by atoms with van der Waals surface area (Å²) in [5, 5.41) is 7.12. The molecule has 2 aromatic rings. The highest BCUT2D eigenvalue weighted by molar-refractivity contribution is 9.10. The molecule has 0 saturated carbocycles. The van der Waals surface area contributed by atoms with E-state index in [1.165, 1.54) is 0 Å². The fourth-order valence-electron chi connectivity index (χ4n) is 1.96. The number of amides is 1. The van der Waals surface area contributed by atoms with Crippen molar-refractivity contribution in [2.75, 3.05) is 11.9 Å². The van der Waals surface area contributed by atoms with Crippen LogP contribution in [0, 0.1) is 0 Å². The lowest BCUT2D eigenvalue weighted by atomic mass is 10.3. The maximum Gasteiger partial charge on any atom is 0.228 e. The lowest BCUT2D eigenvalue weighted by Gasteiger charge is -2.14.